The van der Waals surface area contributed by atoms with Crippen LogP contribution in [-0.4, -0.2) is 11.1 Å². The summed E-state index contributed by atoms with van der Waals surface area (Å²) in [6, 6.07) is 8.38. The van der Waals surface area contributed by atoms with Crippen molar-refractivity contribution < 1.29 is 0 Å². The summed E-state index contributed by atoms with van der Waals surface area (Å²) in [6.45, 7) is 4.33. The van der Waals surface area contributed by atoms with Gasteiger partial charge < -0.3 is 11.5 Å². The summed E-state index contributed by atoms with van der Waals surface area (Å²) in [5, 5.41) is 7.63. The lowest BCUT2D eigenvalue weighted by molar-refractivity contribution is 0.866. The van der Waals surface area contributed by atoms with Crippen LogP contribution >= 0.6 is 11.8 Å². The van der Waals surface area contributed by atoms with Gasteiger partial charge in [0.25, 0.3) is 0 Å². The third-order valence-corrected chi connectivity index (χ3v) is 3.09. The zero-order valence-corrected chi connectivity index (χ0v) is 10.9. The number of rotatable bonds is 3. The quantitative estimate of drug-likeness (QED) is 0.568. The van der Waals surface area contributed by atoms with Crippen LogP contribution in [0.15, 0.2) is 29.3 Å². The van der Waals surface area contributed by atoms with E-state index in [0.717, 1.165) is 5.56 Å². The summed E-state index contributed by atoms with van der Waals surface area (Å²) in [5.41, 5.74) is 12.9. The maximum atomic E-state index is 7.49. The van der Waals surface area contributed by atoms with E-state index in [1.165, 1.54) is 17.3 Å². The zero-order valence-electron chi connectivity index (χ0n) is 10.1. The number of thioether (sulfide) groups is 1. The summed E-state index contributed by atoms with van der Waals surface area (Å²) < 4.78 is 0. The highest BCUT2D eigenvalue weighted by Gasteiger charge is 2.01. The molecule has 0 fully saturated rings. The highest BCUT2D eigenvalue weighted by Crippen LogP contribution is 2.18. The number of guanidine groups is 1. The Morgan fingerprint density at radius 1 is 1.29 bits per heavy atom. The fraction of sp³-hybridized carbons (Fsp3) is 0.333. The Hall–Kier alpha value is -1.49. The zero-order chi connectivity index (χ0) is 12.8. The summed E-state index contributed by atoms with van der Waals surface area (Å²) in [4.78, 5) is 3.66. The van der Waals surface area contributed by atoms with Gasteiger partial charge in [-0.2, -0.15) is 4.99 Å². The molecule has 92 valence electrons. The molecular formula is C12H18N4S. The van der Waals surface area contributed by atoms with E-state index in [0.29, 0.717) is 11.7 Å². The van der Waals surface area contributed by atoms with Crippen molar-refractivity contribution in [3.8, 4) is 0 Å². The van der Waals surface area contributed by atoms with Gasteiger partial charge in [-0.3, -0.25) is 5.41 Å². The molecule has 0 atom stereocenters. The molecule has 1 aromatic carbocycles. The number of nitrogens with two attached hydrogens (primary N) is 2. The van der Waals surface area contributed by atoms with Crippen molar-refractivity contribution in [3.63, 3.8) is 0 Å². The van der Waals surface area contributed by atoms with Gasteiger partial charge in [-0.15, -0.1) is 0 Å². The van der Waals surface area contributed by atoms with E-state index < -0.39 is 0 Å². The first-order chi connectivity index (χ1) is 7.99. The molecule has 0 amide bonds. The van der Waals surface area contributed by atoms with Crippen LogP contribution in [0, 0.1) is 5.41 Å². The van der Waals surface area contributed by atoms with E-state index in [2.05, 4.69) is 43.1 Å². The molecule has 0 bridgehead atoms. The van der Waals surface area contributed by atoms with Crippen LogP contribution in [-0.2, 0) is 5.75 Å². The van der Waals surface area contributed by atoms with Crippen LogP contribution in [0.5, 0.6) is 0 Å². The molecule has 0 unspecified atom stereocenters. The number of nitrogens with zero attached hydrogens (tertiary/aromatic N) is 1. The number of nitrogens with one attached hydrogen (secondary N) is 1. The van der Waals surface area contributed by atoms with Crippen molar-refractivity contribution in [1.29, 1.82) is 5.41 Å². The Balaban J connectivity index is 2.53. The highest BCUT2D eigenvalue weighted by molar-refractivity contribution is 8.13. The molecule has 5 heteroatoms. The average molecular weight is 250 g/mol. The maximum absolute atomic E-state index is 7.49. The number of benzene rings is 1. The second-order valence-electron chi connectivity index (χ2n) is 4.03. The van der Waals surface area contributed by atoms with Gasteiger partial charge in [-0.25, -0.2) is 0 Å². The second kappa shape index (κ2) is 6.30. The van der Waals surface area contributed by atoms with Crippen molar-refractivity contribution in [2.45, 2.75) is 25.5 Å². The van der Waals surface area contributed by atoms with E-state index in [9.17, 15) is 0 Å². The molecule has 0 saturated carbocycles. The van der Waals surface area contributed by atoms with Gasteiger partial charge >= 0.3 is 0 Å². The van der Waals surface area contributed by atoms with Gasteiger partial charge in [0.1, 0.15) is 0 Å². The monoisotopic (exact) mass is 250 g/mol. The van der Waals surface area contributed by atoms with E-state index in [-0.39, 0.29) is 11.1 Å². The van der Waals surface area contributed by atoms with Gasteiger partial charge in [-0.05, 0) is 17.0 Å². The molecule has 0 spiro atoms. The van der Waals surface area contributed by atoms with Gasteiger partial charge in [0, 0.05) is 5.75 Å². The normalized spacial score (nSPS) is 10.3. The minimum atomic E-state index is -0.0716. The van der Waals surface area contributed by atoms with Crippen LogP contribution in [0.2, 0.25) is 0 Å². The molecule has 1 aromatic rings. The van der Waals surface area contributed by atoms with E-state index in [1.54, 1.807) is 0 Å². The molecule has 0 radical (unpaired) electrons. The minimum absolute atomic E-state index is 0.0716. The van der Waals surface area contributed by atoms with Gasteiger partial charge in [0.15, 0.2) is 11.1 Å². The second-order valence-corrected chi connectivity index (χ2v) is 4.99. The van der Waals surface area contributed by atoms with E-state index >= 15 is 0 Å². The van der Waals surface area contributed by atoms with Crippen LogP contribution < -0.4 is 11.5 Å². The Kier molecular flexibility index (Phi) is 5.03. The van der Waals surface area contributed by atoms with Crippen LogP contribution in [0.4, 0.5) is 0 Å². The number of hydrogen-bond acceptors (Lipinski definition) is 2. The Morgan fingerprint density at radius 2 is 1.88 bits per heavy atom. The molecule has 17 heavy (non-hydrogen) atoms. The number of hydrogen-bond donors (Lipinski definition) is 3. The van der Waals surface area contributed by atoms with Crippen molar-refractivity contribution in [2.24, 2.45) is 16.5 Å². The molecular weight excluding hydrogens is 232 g/mol. The van der Waals surface area contributed by atoms with Crippen LogP contribution in [0.1, 0.15) is 30.9 Å². The fourth-order valence-electron chi connectivity index (χ4n) is 1.30. The maximum Gasteiger partial charge on any atom is 0.193 e. The van der Waals surface area contributed by atoms with E-state index in [1.807, 2.05) is 0 Å². The van der Waals surface area contributed by atoms with Crippen molar-refractivity contribution in [3.05, 3.63) is 35.4 Å². The Labute approximate surface area is 106 Å². The number of aliphatic imine (C=N–C) groups is 1. The molecule has 0 aliphatic rings. The molecule has 0 aromatic heterocycles. The first-order valence-electron chi connectivity index (χ1n) is 5.39. The smallest absolute Gasteiger partial charge is 0.193 e. The first kappa shape index (κ1) is 13.6. The summed E-state index contributed by atoms with van der Waals surface area (Å²) >= 11 is 1.31. The molecule has 5 N–H and O–H groups in total. The predicted octanol–water partition coefficient (Wildman–Crippen LogP) is 2.25. The molecule has 0 aliphatic heterocycles. The lowest BCUT2D eigenvalue weighted by atomic mass is 10.0. The molecule has 0 aliphatic carbocycles. The number of amidine groups is 1. The molecule has 0 saturated heterocycles. The van der Waals surface area contributed by atoms with Crippen LogP contribution in [0.3, 0.4) is 0 Å². The van der Waals surface area contributed by atoms with Crippen LogP contribution in [0.25, 0.3) is 0 Å². The summed E-state index contributed by atoms with van der Waals surface area (Å²) in [6.07, 6.45) is 0. The third-order valence-electron chi connectivity index (χ3n) is 2.25. The molecule has 1 rings (SSSR count). The standard InChI is InChI=1S/C12H18N4S/c1-8(2)10-5-3-9(4-6-10)7-17-12(15)16-11(13)14/h3-6,8H,7H2,1-2H3,(H5,13,14,15,16). The SMILES string of the molecule is CC(C)c1ccc(CSC(=N)N=C(N)N)cc1. The molecule has 4 nitrogen and oxygen atoms in total. The fourth-order valence-corrected chi connectivity index (χ4v) is 1.97. The Morgan fingerprint density at radius 3 is 2.35 bits per heavy atom. The lowest BCUT2D eigenvalue weighted by Gasteiger charge is -2.06. The first-order valence-corrected chi connectivity index (χ1v) is 6.37. The lowest BCUT2D eigenvalue weighted by Crippen LogP contribution is -2.23. The minimum Gasteiger partial charge on any atom is -0.370 e. The van der Waals surface area contributed by atoms with Crippen molar-refractivity contribution in [1.82, 2.24) is 0 Å². The van der Waals surface area contributed by atoms with Gasteiger partial charge in [0.05, 0.1) is 0 Å². The average Bonchev–Trinajstić information content (AvgIpc) is 2.26. The largest absolute Gasteiger partial charge is 0.370 e. The van der Waals surface area contributed by atoms with Crippen molar-refractivity contribution in [2.75, 3.05) is 0 Å². The predicted molar refractivity (Wildman–Crippen MR) is 75.4 cm³/mol. The van der Waals surface area contributed by atoms with Crippen molar-refractivity contribution >= 4 is 22.9 Å². The molecule has 0 heterocycles. The Bertz CT molecular complexity index is 405. The van der Waals surface area contributed by atoms with E-state index in [4.69, 9.17) is 16.9 Å². The summed E-state index contributed by atoms with van der Waals surface area (Å²) in [5.74, 6) is 1.17. The van der Waals surface area contributed by atoms with Gasteiger partial charge in [0.2, 0.25) is 0 Å². The highest BCUT2D eigenvalue weighted by atomic mass is 32.2. The third kappa shape index (κ3) is 4.91. The topological polar surface area (TPSA) is 88.2 Å². The summed E-state index contributed by atoms with van der Waals surface area (Å²) in [7, 11) is 0. The van der Waals surface area contributed by atoms with Gasteiger partial charge in [-0.1, -0.05) is 49.9 Å².